The van der Waals surface area contributed by atoms with Gasteiger partial charge in [0.15, 0.2) is 0 Å². The summed E-state index contributed by atoms with van der Waals surface area (Å²) < 4.78 is 0. The van der Waals surface area contributed by atoms with Crippen LogP contribution in [0.4, 0.5) is 0 Å². The van der Waals surface area contributed by atoms with Gasteiger partial charge in [-0.1, -0.05) is 12.1 Å². The number of rotatable bonds is 5. The van der Waals surface area contributed by atoms with Crippen LogP contribution in [0.15, 0.2) is 24.3 Å². The Kier molecular flexibility index (Phi) is 4.59. The first-order valence-electron chi connectivity index (χ1n) is 5.24. The lowest BCUT2D eigenvalue weighted by atomic mass is 10.2. The maximum atomic E-state index is 9.12. The second-order valence-electron chi connectivity index (χ2n) is 4.11. The molecule has 1 atom stereocenters. The summed E-state index contributed by atoms with van der Waals surface area (Å²) in [6.07, 6.45) is 0. The lowest BCUT2D eigenvalue weighted by molar-refractivity contribution is 0.302. The fourth-order valence-corrected chi connectivity index (χ4v) is 1.22. The molecule has 0 heterocycles. The van der Waals surface area contributed by atoms with Crippen LogP contribution in [-0.4, -0.2) is 36.7 Å². The summed E-state index contributed by atoms with van der Waals surface area (Å²) in [5.41, 5.74) is 1.19. The monoisotopic (exact) mass is 208 g/mol. The lowest BCUT2D eigenvalue weighted by Crippen LogP contribution is -2.35. The van der Waals surface area contributed by atoms with Gasteiger partial charge in [-0.15, -0.1) is 0 Å². The van der Waals surface area contributed by atoms with Crippen molar-refractivity contribution in [3.8, 4) is 5.75 Å². The molecule has 0 aliphatic heterocycles. The van der Waals surface area contributed by atoms with Gasteiger partial charge in [0.25, 0.3) is 0 Å². The number of phenolic OH excluding ortho intramolecular Hbond substituents is 1. The van der Waals surface area contributed by atoms with Crippen molar-refractivity contribution in [1.82, 2.24) is 10.2 Å². The standard InChI is InChI=1S/C12H20N2O/c1-10(14(2)3)8-13-9-11-4-6-12(15)7-5-11/h4-7,10,13,15H,8-9H2,1-3H3. The Morgan fingerprint density at radius 3 is 2.40 bits per heavy atom. The van der Waals surface area contributed by atoms with E-state index in [1.54, 1.807) is 12.1 Å². The molecular formula is C12H20N2O. The van der Waals surface area contributed by atoms with Crippen LogP contribution < -0.4 is 5.32 Å². The van der Waals surface area contributed by atoms with Gasteiger partial charge >= 0.3 is 0 Å². The highest BCUT2D eigenvalue weighted by Crippen LogP contribution is 2.09. The van der Waals surface area contributed by atoms with Crippen molar-refractivity contribution in [2.75, 3.05) is 20.6 Å². The van der Waals surface area contributed by atoms with Gasteiger partial charge in [0.05, 0.1) is 0 Å². The third kappa shape index (κ3) is 4.32. The predicted molar refractivity (Wildman–Crippen MR) is 63.0 cm³/mol. The molecule has 0 radical (unpaired) electrons. The van der Waals surface area contributed by atoms with Crippen LogP contribution in [0.2, 0.25) is 0 Å². The highest BCUT2D eigenvalue weighted by atomic mass is 16.3. The first-order chi connectivity index (χ1) is 7.09. The molecule has 3 nitrogen and oxygen atoms in total. The first kappa shape index (κ1) is 12.0. The molecule has 0 spiro atoms. The molecule has 1 aromatic carbocycles. The van der Waals surface area contributed by atoms with Crippen LogP contribution in [-0.2, 0) is 6.54 Å². The summed E-state index contributed by atoms with van der Waals surface area (Å²) in [4.78, 5) is 2.18. The van der Waals surface area contributed by atoms with Gasteiger partial charge in [-0.05, 0) is 38.7 Å². The molecule has 15 heavy (non-hydrogen) atoms. The van der Waals surface area contributed by atoms with Crippen molar-refractivity contribution >= 4 is 0 Å². The largest absolute Gasteiger partial charge is 0.508 e. The number of nitrogens with zero attached hydrogens (tertiary/aromatic N) is 1. The number of hydrogen-bond donors (Lipinski definition) is 2. The average Bonchev–Trinajstić information content (AvgIpc) is 2.20. The number of aromatic hydroxyl groups is 1. The van der Waals surface area contributed by atoms with Gasteiger partial charge in [-0.25, -0.2) is 0 Å². The second kappa shape index (κ2) is 5.73. The van der Waals surface area contributed by atoms with Crippen molar-refractivity contribution in [2.24, 2.45) is 0 Å². The van der Waals surface area contributed by atoms with E-state index < -0.39 is 0 Å². The molecule has 1 rings (SSSR count). The Bertz CT molecular complexity index is 282. The van der Waals surface area contributed by atoms with Gasteiger partial charge in [-0.3, -0.25) is 0 Å². The smallest absolute Gasteiger partial charge is 0.115 e. The number of benzene rings is 1. The van der Waals surface area contributed by atoms with Gasteiger partial charge in [0.2, 0.25) is 0 Å². The summed E-state index contributed by atoms with van der Waals surface area (Å²) in [6.45, 7) is 4.00. The number of likely N-dealkylation sites (N-methyl/N-ethyl adjacent to an activating group) is 1. The Morgan fingerprint density at radius 1 is 1.27 bits per heavy atom. The van der Waals surface area contributed by atoms with Gasteiger partial charge in [0.1, 0.15) is 5.75 Å². The fourth-order valence-electron chi connectivity index (χ4n) is 1.22. The van der Waals surface area contributed by atoms with Gasteiger partial charge in [0, 0.05) is 19.1 Å². The van der Waals surface area contributed by atoms with E-state index in [2.05, 4.69) is 31.2 Å². The molecule has 0 fully saturated rings. The molecule has 0 bridgehead atoms. The maximum absolute atomic E-state index is 9.12. The fraction of sp³-hybridized carbons (Fsp3) is 0.500. The summed E-state index contributed by atoms with van der Waals surface area (Å²) in [7, 11) is 4.15. The maximum Gasteiger partial charge on any atom is 0.115 e. The zero-order valence-corrected chi connectivity index (χ0v) is 9.70. The van der Waals surface area contributed by atoms with E-state index in [1.807, 2.05) is 12.1 Å². The van der Waals surface area contributed by atoms with Crippen molar-refractivity contribution in [1.29, 1.82) is 0 Å². The van der Waals surface area contributed by atoms with Gasteiger partial charge < -0.3 is 15.3 Å². The van der Waals surface area contributed by atoms with E-state index in [4.69, 9.17) is 5.11 Å². The number of nitrogens with one attached hydrogen (secondary N) is 1. The van der Waals surface area contributed by atoms with Crippen molar-refractivity contribution in [2.45, 2.75) is 19.5 Å². The third-order valence-electron chi connectivity index (χ3n) is 2.59. The average molecular weight is 208 g/mol. The van der Waals surface area contributed by atoms with E-state index in [0.717, 1.165) is 13.1 Å². The van der Waals surface area contributed by atoms with Gasteiger partial charge in [-0.2, -0.15) is 0 Å². The van der Waals surface area contributed by atoms with E-state index in [9.17, 15) is 0 Å². The van der Waals surface area contributed by atoms with E-state index in [1.165, 1.54) is 5.56 Å². The van der Waals surface area contributed by atoms with E-state index >= 15 is 0 Å². The molecule has 3 heteroatoms. The number of hydrogen-bond acceptors (Lipinski definition) is 3. The normalized spacial score (nSPS) is 13.1. The van der Waals surface area contributed by atoms with Crippen LogP contribution in [0, 0.1) is 0 Å². The molecule has 84 valence electrons. The minimum absolute atomic E-state index is 0.320. The van der Waals surface area contributed by atoms with Crippen LogP contribution >= 0.6 is 0 Å². The Morgan fingerprint density at radius 2 is 1.87 bits per heavy atom. The summed E-state index contributed by atoms with van der Waals surface area (Å²) in [5.74, 6) is 0.320. The summed E-state index contributed by atoms with van der Waals surface area (Å²) >= 11 is 0. The van der Waals surface area contributed by atoms with Crippen molar-refractivity contribution in [3.63, 3.8) is 0 Å². The summed E-state index contributed by atoms with van der Waals surface area (Å²) in [5, 5.41) is 12.5. The minimum atomic E-state index is 0.320. The highest BCUT2D eigenvalue weighted by molar-refractivity contribution is 5.25. The van der Waals surface area contributed by atoms with Crippen molar-refractivity contribution < 1.29 is 5.11 Å². The molecule has 0 saturated heterocycles. The molecular weight excluding hydrogens is 188 g/mol. The topological polar surface area (TPSA) is 35.5 Å². The Balaban J connectivity index is 2.29. The Labute approximate surface area is 91.7 Å². The molecule has 0 aliphatic carbocycles. The van der Waals surface area contributed by atoms with Crippen molar-refractivity contribution in [3.05, 3.63) is 29.8 Å². The van der Waals surface area contributed by atoms with E-state index in [-0.39, 0.29) is 0 Å². The molecule has 0 aliphatic rings. The highest BCUT2D eigenvalue weighted by Gasteiger charge is 2.02. The summed E-state index contributed by atoms with van der Waals surface area (Å²) in [6, 6.07) is 7.83. The molecule has 2 N–H and O–H groups in total. The third-order valence-corrected chi connectivity index (χ3v) is 2.59. The molecule has 1 unspecified atom stereocenters. The zero-order chi connectivity index (χ0) is 11.3. The van der Waals surface area contributed by atoms with Crippen LogP contribution in [0.25, 0.3) is 0 Å². The van der Waals surface area contributed by atoms with Crippen LogP contribution in [0.5, 0.6) is 5.75 Å². The van der Waals surface area contributed by atoms with E-state index in [0.29, 0.717) is 11.8 Å². The first-order valence-corrected chi connectivity index (χ1v) is 5.24. The molecule has 0 aromatic heterocycles. The molecule has 0 saturated carbocycles. The second-order valence-corrected chi connectivity index (χ2v) is 4.11. The zero-order valence-electron chi connectivity index (χ0n) is 9.70. The molecule has 1 aromatic rings. The SMILES string of the molecule is CC(CNCc1ccc(O)cc1)N(C)C. The lowest BCUT2D eigenvalue weighted by Gasteiger charge is -2.20. The quantitative estimate of drug-likeness (QED) is 0.768. The van der Waals surface area contributed by atoms with Crippen LogP contribution in [0.3, 0.4) is 0 Å². The number of phenols is 1. The minimum Gasteiger partial charge on any atom is -0.508 e. The molecule has 0 amide bonds. The van der Waals surface area contributed by atoms with Crippen LogP contribution in [0.1, 0.15) is 12.5 Å². The Hall–Kier alpha value is -1.06. The predicted octanol–water partition coefficient (Wildman–Crippen LogP) is 1.43.